The lowest BCUT2D eigenvalue weighted by molar-refractivity contribution is 0.0612. The molecule has 128 valence electrons. The van der Waals surface area contributed by atoms with Crippen molar-refractivity contribution in [2.75, 3.05) is 6.54 Å². The molecule has 1 atom stereocenters. The first kappa shape index (κ1) is 17.0. The zero-order valence-corrected chi connectivity index (χ0v) is 15.1. The molecule has 1 aliphatic rings. The number of thiazole rings is 1. The summed E-state index contributed by atoms with van der Waals surface area (Å²) in [6, 6.07) is 10.1. The Kier molecular flexibility index (Phi) is 5.51. The number of carbonyl (C=O) groups is 1. The minimum atomic E-state index is 0.141. The first-order valence-electron chi connectivity index (χ1n) is 8.64. The predicted octanol–water partition coefficient (Wildman–Crippen LogP) is 4.44. The monoisotopic (exact) mass is 344 g/mol. The van der Waals surface area contributed by atoms with E-state index in [1.54, 1.807) is 0 Å². The van der Waals surface area contributed by atoms with Gasteiger partial charge in [-0.15, -0.1) is 11.3 Å². The quantitative estimate of drug-likeness (QED) is 0.805. The van der Waals surface area contributed by atoms with Gasteiger partial charge < -0.3 is 9.64 Å². The van der Waals surface area contributed by atoms with Crippen molar-refractivity contribution >= 4 is 17.2 Å². The predicted molar refractivity (Wildman–Crippen MR) is 96.6 cm³/mol. The molecule has 1 fully saturated rings. The van der Waals surface area contributed by atoms with E-state index in [0.29, 0.717) is 12.6 Å². The van der Waals surface area contributed by atoms with Crippen LogP contribution in [0.3, 0.4) is 0 Å². The minimum Gasteiger partial charge on any atom is -0.486 e. The lowest BCUT2D eigenvalue weighted by Crippen LogP contribution is -2.43. The lowest BCUT2D eigenvalue weighted by Gasteiger charge is -2.35. The summed E-state index contributed by atoms with van der Waals surface area (Å²) in [5.41, 5.74) is 0.817. The highest BCUT2D eigenvalue weighted by atomic mass is 32.1. The maximum absolute atomic E-state index is 12.9. The van der Waals surface area contributed by atoms with Gasteiger partial charge in [-0.05, 0) is 44.7 Å². The zero-order valence-electron chi connectivity index (χ0n) is 14.3. The molecule has 24 heavy (non-hydrogen) atoms. The molecular weight excluding hydrogens is 320 g/mol. The van der Waals surface area contributed by atoms with Crippen molar-refractivity contribution in [3.05, 3.63) is 45.9 Å². The van der Waals surface area contributed by atoms with Crippen LogP contribution in [-0.2, 0) is 6.61 Å². The summed E-state index contributed by atoms with van der Waals surface area (Å²) < 4.78 is 5.75. The van der Waals surface area contributed by atoms with Crippen molar-refractivity contribution in [1.29, 1.82) is 0 Å². The molecule has 2 aromatic rings. The van der Waals surface area contributed by atoms with Crippen LogP contribution >= 0.6 is 11.3 Å². The second kappa shape index (κ2) is 7.79. The molecular formula is C19H24N2O2S. The summed E-state index contributed by atoms with van der Waals surface area (Å²) in [7, 11) is 0. The van der Waals surface area contributed by atoms with Crippen molar-refractivity contribution in [1.82, 2.24) is 9.88 Å². The number of aromatic nitrogens is 1. The molecule has 0 spiro atoms. The van der Waals surface area contributed by atoms with E-state index in [0.717, 1.165) is 47.1 Å². The third-order valence-electron chi connectivity index (χ3n) is 4.50. The van der Waals surface area contributed by atoms with E-state index in [1.165, 1.54) is 17.8 Å². The number of amides is 1. The average Bonchev–Trinajstić information content (AvgIpc) is 3.01. The third-order valence-corrected chi connectivity index (χ3v) is 5.62. The van der Waals surface area contributed by atoms with E-state index < -0.39 is 0 Å². The number of hydrogen-bond acceptors (Lipinski definition) is 4. The molecule has 3 rings (SSSR count). The number of nitrogens with zero attached hydrogens (tertiary/aromatic N) is 2. The van der Waals surface area contributed by atoms with E-state index in [-0.39, 0.29) is 5.91 Å². The molecule has 0 aliphatic carbocycles. The van der Waals surface area contributed by atoms with Crippen LogP contribution in [0.15, 0.2) is 30.3 Å². The summed E-state index contributed by atoms with van der Waals surface area (Å²) in [6.07, 6.45) is 4.46. The molecule has 1 amide bonds. The van der Waals surface area contributed by atoms with Crippen molar-refractivity contribution in [3.63, 3.8) is 0 Å². The van der Waals surface area contributed by atoms with Gasteiger partial charge in [0.25, 0.3) is 5.91 Å². The molecule has 0 bridgehead atoms. The van der Waals surface area contributed by atoms with Gasteiger partial charge in [0.1, 0.15) is 22.2 Å². The fourth-order valence-corrected chi connectivity index (χ4v) is 4.13. The van der Waals surface area contributed by atoms with Crippen LogP contribution < -0.4 is 4.74 Å². The smallest absolute Gasteiger partial charge is 0.266 e. The van der Waals surface area contributed by atoms with E-state index in [4.69, 9.17) is 4.74 Å². The first-order valence-corrected chi connectivity index (χ1v) is 9.45. The standard InChI is InChI=1S/C19H24N2O2S/c1-3-15-9-7-8-12-21(15)19(22)18-14(2)20-17(24-18)13-23-16-10-5-4-6-11-16/h4-6,10-11,15H,3,7-9,12-13H2,1-2H3. The SMILES string of the molecule is CCC1CCCCN1C(=O)c1sc(COc2ccccc2)nc1C. The Morgan fingerprint density at radius 3 is 2.88 bits per heavy atom. The Hall–Kier alpha value is -1.88. The van der Waals surface area contributed by atoms with Gasteiger partial charge in [-0.1, -0.05) is 25.1 Å². The van der Waals surface area contributed by atoms with Crippen molar-refractivity contribution < 1.29 is 9.53 Å². The van der Waals surface area contributed by atoms with Gasteiger partial charge >= 0.3 is 0 Å². The van der Waals surface area contributed by atoms with Gasteiger partial charge in [-0.25, -0.2) is 4.98 Å². The molecule has 0 N–H and O–H groups in total. The second-order valence-electron chi connectivity index (χ2n) is 6.18. The molecule has 4 nitrogen and oxygen atoms in total. The number of aryl methyl sites for hydroxylation is 1. The molecule has 0 saturated carbocycles. The summed E-state index contributed by atoms with van der Waals surface area (Å²) in [5, 5.41) is 0.852. The Bertz CT molecular complexity index is 684. The van der Waals surface area contributed by atoms with Crippen LogP contribution in [-0.4, -0.2) is 28.4 Å². The van der Waals surface area contributed by atoms with Crippen LogP contribution in [0.4, 0.5) is 0 Å². The Morgan fingerprint density at radius 1 is 1.33 bits per heavy atom. The summed E-state index contributed by atoms with van der Waals surface area (Å²) in [6.45, 7) is 5.35. The number of benzene rings is 1. The largest absolute Gasteiger partial charge is 0.486 e. The van der Waals surface area contributed by atoms with Gasteiger partial charge in [0.05, 0.1) is 5.69 Å². The minimum absolute atomic E-state index is 0.141. The average molecular weight is 344 g/mol. The topological polar surface area (TPSA) is 42.4 Å². The number of likely N-dealkylation sites (tertiary alicyclic amines) is 1. The van der Waals surface area contributed by atoms with Gasteiger partial charge in [0, 0.05) is 12.6 Å². The summed E-state index contributed by atoms with van der Waals surface area (Å²) in [4.78, 5) is 20.3. The molecule has 1 aromatic carbocycles. The van der Waals surface area contributed by atoms with E-state index in [9.17, 15) is 4.79 Å². The number of hydrogen-bond donors (Lipinski definition) is 0. The van der Waals surface area contributed by atoms with Crippen LogP contribution in [0.5, 0.6) is 5.75 Å². The second-order valence-corrected chi connectivity index (χ2v) is 7.26. The number of ether oxygens (including phenoxy) is 1. The highest BCUT2D eigenvalue weighted by Crippen LogP contribution is 2.26. The zero-order chi connectivity index (χ0) is 16.9. The van der Waals surface area contributed by atoms with Gasteiger partial charge in [-0.3, -0.25) is 4.79 Å². The normalized spacial score (nSPS) is 17.8. The Labute approximate surface area is 147 Å². The first-order chi connectivity index (χ1) is 11.7. The highest BCUT2D eigenvalue weighted by Gasteiger charge is 2.28. The van der Waals surface area contributed by atoms with Crippen LogP contribution in [0, 0.1) is 6.92 Å². The van der Waals surface area contributed by atoms with E-state index in [2.05, 4.69) is 11.9 Å². The molecule has 1 aromatic heterocycles. The maximum Gasteiger partial charge on any atom is 0.266 e. The number of para-hydroxylation sites is 1. The van der Waals surface area contributed by atoms with Crippen molar-refractivity contribution in [2.24, 2.45) is 0 Å². The summed E-state index contributed by atoms with van der Waals surface area (Å²) >= 11 is 1.47. The van der Waals surface area contributed by atoms with Crippen LogP contribution in [0.25, 0.3) is 0 Å². The Morgan fingerprint density at radius 2 is 2.12 bits per heavy atom. The van der Waals surface area contributed by atoms with Crippen LogP contribution in [0.2, 0.25) is 0 Å². The van der Waals surface area contributed by atoms with E-state index >= 15 is 0 Å². The van der Waals surface area contributed by atoms with E-state index in [1.807, 2.05) is 42.2 Å². The van der Waals surface area contributed by atoms with Crippen molar-refractivity contribution in [2.45, 2.75) is 52.2 Å². The fraction of sp³-hybridized carbons (Fsp3) is 0.474. The fourth-order valence-electron chi connectivity index (χ4n) is 3.20. The molecule has 1 aliphatic heterocycles. The number of carbonyl (C=O) groups excluding carboxylic acids is 1. The highest BCUT2D eigenvalue weighted by molar-refractivity contribution is 7.13. The third kappa shape index (κ3) is 3.78. The number of piperidine rings is 1. The van der Waals surface area contributed by atoms with Gasteiger partial charge in [0.2, 0.25) is 0 Å². The van der Waals surface area contributed by atoms with Crippen LogP contribution in [0.1, 0.15) is 53.0 Å². The van der Waals surface area contributed by atoms with Gasteiger partial charge in [0.15, 0.2) is 0 Å². The van der Waals surface area contributed by atoms with Crippen molar-refractivity contribution in [3.8, 4) is 5.75 Å². The Balaban J connectivity index is 1.70. The van der Waals surface area contributed by atoms with Gasteiger partial charge in [-0.2, -0.15) is 0 Å². The molecule has 2 heterocycles. The number of rotatable bonds is 5. The molecule has 0 radical (unpaired) electrons. The lowest BCUT2D eigenvalue weighted by atomic mass is 10.00. The molecule has 5 heteroatoms. The maximum atomic E-state index is 12.9. The summed E-state index contributed by atoms with van der Waals surface area (Å²) in [5.74, 6) is 0.961. The molecule has 1 unspecified atom stereocenters. The molecule has 1 saturated heterocycles.